The molecule has 0 aliphatic carbocycles. The van der Waals surface area contributed by atoms with Crippen molar-refractivity contribution in [2.75, 3.05) is 5.32 Å². The fraction of sp³-hybridized carbons (Fsp3) is 0.0769. The Hall–Kier alpha value is -4.72. The Kier molecular flexibility index (Phi) is 5.18. The third kappa shape index (κ3) is 3.71. The Balaban J connectivity index is 1.41. The first-order chi connectivity index (χ1) is 16.4. The molecular weight excluding hydrogens is 434 g/mol. The number of fused-ring (bicyclic) bond motifs is 2. The summed E-state index contributed by atoms with van der Waals surface area (Å²) >= 11 is 0. The SMILES string of the molecule is Cc1c(C(=O)c2ccccc2)oc2cc(NC(=O)Cn3c(=O)[nH]c4ccccc4c3=O)ccc12. The molecule has 8 heteroatoms. The number of hydrogen-bond acceptors (Lipinski definition) is 5. The maximum atomic E-state index is 12.8. The molecule has 8 nitrogen and oxygen atoms in total. The van der Waals surface area contributed by atoms with Gasteiger partial charge >= 0.3 is 5.69 Å². The maximum Gasteiger partial charge on any atom is 0.329 e. The van der Waals surface area contributed by atoms with Crippen molar-refractivity contribution in [1.82, 2.24) is 9.55 Å². The van der Waals surface area contributed by atoms with Gasteiger partial charge in [0.25, 0.3) is 5.56 Å². The number of para-hydroxylation sites is 1. The summed E-state index contributed by atoms with van der Waals surface area (Å²) < 4.78 is 6.68. The average Bonchev–Trinajstić information content (AvgIpc) is 3.17. The summed E-state index contributed by atoms with van der Waals surface area (Å²) in [4.78, 5) is 53.0. The highest BCUT2D eigenvalue weighted by Gasteiger charge is 2.19. The molecule has 0 unspecified atom stereocenters. The molecule has 0 saturated carbocycles. The van der Waals surface area contributed by atoms with Crippen LogP contribution in [0.25, 0.3) is 21.9 Å². The first kappa shape index (κ1) is 21.1. The first-order valence-corrected chi connectivity index (χ1v) is 10.6. The molecule has 5 aromatic rings. The predicted octanol–water partition coefficient (Wildman–Crippen LogP) is 3.61. The lowest BCUT2D eigenvalue weighted by molar-refractivity contribution is -0.116. The monoisotopic (exact) mass is 453 g/mol. The smallest absolute Gasteiger partial charge is 0.329 e. The summed E-state index contributed by atoms with van der Waals surface area (Å²) in [5.74, 6) is -0.542. The zero-order valence-electron chi connectivity index (χ0n) is 18.1. The minimum atomic E-state index is -0.667. The van der Waals surface area contributed by atoms with Crippen molar-refractivity contribution in [3.63, 3.8) is 0 Å². The van der Waals surface area contributed by atoms with Gasteiger partial charge in [-0.3, -0.25) is 19.0 Å². The molecule has 2 aromatic heterocycles. The van der Waals surface area contributed by atoms with Crippen LogP contribution in [0.1, 0.15) is 21.7 Å². The second-order valence-corrected chi connectivity index (χ2v) is 7.88. The summed E-state index contributed by atoms with van der Waals surface area (Å²) in [7, 11) is 0. The standard InChI is InChI=1S/C26H19N3O5/c1-15-18-12-11-17(13-21(18)34-24(15)23(31)16-7-3-2-4-8-16)27-22(30)14-29-25(32)19-9-5-6-10-20(19)28-26(29)33/h2-13H,14H2,1H3,(H,27,30)(H,28,33). The Morgan fingerprint density at radius 1 is 0.941 bits per heavy atom. The van der Waals surface area contributed by atoms with Crippen LogP contribution in [0.4, 0.5) is 5.69 Å². The van der Waals surface area contributed by atoms with Crippen molar-refractivity contribution in [3.05, 3.63) is 111 Å². The molecule has 0 bridgehead atoms. The number of amides is 1. The van der Waals surface area contributed by atoms with Gasteiger partial charge in [0.05, 0.1) is 10.9 Å². The number of hydrogen-bond donors (Lipinski definition) is 2. The van der Waals surface area contributed by atoms with Crippen LogP contribution in [0.5, 0.6) is 0 Å². The van der Waals surface area contributed by atoms with Crippen molar-refractivity contribution in [1.29, 1.82) is 0 Å². The number of anilines is 1. The Morgan fingerprint density at radius 3 is 2.47 bits per heavy atom. The maximum absolute atomic E-state index is 12.8. The number of carbonyl (C=O) groups is 2. The fourth-order valence-electron chi connectivity index (χ4n) is 3.93. The number of carbonyl (C=O) groups excluding carboxylic acids is 2. The molecule has 2 N–H and O–H groups in total. The number of ketones is 1. The number of nitrogens with one attached hydrogen (secondary N) is 2. The summed E-state index contributed by atoms with van der Waals surface area (Å²) in [6.07, 6.45) is 0. The summed E-state index contributed by atoms with van der Waals surface area (Å²) in [6.45, 7) is 1.35. The highest BCUT2D eigenvalue weighted by atomic mass is 16.3. The molecule has 1 amide bonds. The average molecular weight is 453 g/mol. The third-order valence-electron chi connectivity index (χ3n) is 5.66. The highest BCUT2D eigenvalue weighted by Crippen LogP contribution is 2.29. The summed E-state index contributed by atoms with van der Waals surface area (Å²) in [6, 6.07) is 20.5. The number of furan rings is 1. The Morgan fingerprint density at radius 2 is 1.68 bits per heavy atom. The number of rotatable bonds is 5. The lowest BCUT2D eigenvalue weighted by Crippen LogP contribution is -2.38. The lowest BCUT2D eigenvalue weighted by atomic mass is 10.0. The van der Waals surface area contributed by atoms with E-state index >= 15 is 0 Å². The molecule has 0 atom stereocenters. The molecule has 0 radical (unpaired) electrons. The van der Waals surface area contributed by atoms with Crippen LogP contribution >= 0.6 is 0 Å². The van der Waals surface area contributed by atoms with Crippen LogP contribution in [0.2, 0.25) is 0 Å². The summed E-state index contributed by atoms with van der Waals surface area (Å²) in [5, 5.41) is 3.75. The van der Waals surface area contributed by atoms with Gasteiger partial charge in [0, 0.05) is 28.3 Å². The lowest BCUT2D eigenvalue weighted by Gasteiger charge is -2.08. The minimum absolute atomic E-state index is 0.227. The van der Waals surface area contributed by atoms with E-state index in [1.165, 1.54) is 0 Å². The number of aromatic nitrogens is 2. The van der Waals surface area contributed by atoms with Crippen molar-refractivity contribution in [2.24, 2.45) is 0 Å². The third-order valence-corrected chi connectivity index (χ3v) is 5.66. The second kappa shape index (κ2) is 8.32. The van der Waals surface area contributed by atoms with Gasteiger partial charge in [-0.1, -0.05) is 42.5 Å². The molecule has 0 saturated heterocycles. The number of nitrogens with zero attached hydrogens (tertiary/aromatic N) is 1. The van der Waals surface area contributed by atoms with Gasteiger partial charge in [0.15, 0.2) is 5.76 Å². The number of aromatic amines is 1. The fourth-order valence-corrected chi connectivity index (χ4v) is 3.93. The van der Waals surface area contributed by atoms with Gasteiger partial charge in [-0.05, 0) is 31.2 Å². The van der Waals surface area contributed by atoms with Gasteiger partial charge in [0.2, 0.25) is 11.7 Å². The molecule has 0 aliphatic rings. The first-order valence-electron chi connectivity index (χ1n) is 10.6. The highest BCUT2D eigenvalue weighted by molar-refractivity contribution is 6.10. The van der Waals surface area contributed by atoms with Crippen molar-refractivity contribution < 1.29 is 14.0 Å². The van der Waals surface area contributed by atoms with Gasteiger partial charge in [-0.15, -0.1) is 0 Å². The van der Waals surface area contributed by atoms with Crippen molar-refractivity contribution >= 4 is 39.2 Å². The van der Waals surface area contributed by atoms with E-state index in [0.29, 0.717) is 33.3 Å². The van der Waals surface area contributed by atoms with Crippen molar-refractivity contribution in [2.45, 2.75) is 13.5 Å². The summed E-state index contributed by atoms with van der Waals surface area (Å²) in [5.41, 5.74) is 1.27. The number of benzene rings is 3. The normalized spacial score (nSPS) is 11.1. The Bertz CT molecular complexity index is 1690. The Labute approximate surface area is 192 Å². The largest absolute Gasteiger partial charge is 0.452 e. The van der Waals surface area contributed by atoms with Crippen LogP contribution in [0.15, 0.2) is 86.8 Å². The van der Waals surface area contributed by atoms with Crippen molar-refractivity contribution in [3.8, 4) is 0 Å². The van der Waals surface area contributed by atoms with Gasteiger partial charge < -0.3 is 14.7 Å². The zero-order chi connectivity index (χ0) is 23.8. The number of H-pyrrole nitrogens is 1. The van der Waals surface area contributed by atoms with E-state index in [1.54, 1.807) is 73.7 Å². The van der Waals surface area contributed by atoms with E-state index in [2.05, 4.69) is 10.3 Å². The second-order valence-electron chi connectivity index (χ2n) is 7.88. The van der Waals surface area contributed by atoms with Gasteiger partial charge in [-0.2, -0.15) is 0 Å². The molecule has 3 aromatic carbocycles. The molecule has 0 aliphatic heterocycles. The quantitative estimate of drug-likeness (QED) is 0.395. The van der Waals surface area contributed by atoms with Gasteiger partial charge in [-0.25, -0.2) is 4.79 Å². The number of aryl methyl sites for hydroxylation is 1. The topological polar surface area (TPSA) is 114 Å². The minimum Gasteiger partial charge on any atom is -0.452 e. The van der Waals surface area contributed by atoms with Crippen LogP contribution in [-0.2, 0) is 11.3 Å². The molecule has 5 rings (SSSR count). The van der Waals surface area contributed by atoms with Crippen LogP contribution in [0, 0.1) is 6.92 Å². The molecule has 2 heterocycles. The van der Waals surface area contributed by atoms with E-state index in [4.69, 9.17) is 4.42 Å². The molecular formula is C26H19N3O5. The van der Waals surface area contributed by atoms with E-state index in [1.807, 2.05) is 6.07 Å². The van der Waals surface area contributed by atoms with E-state index < -0.39 is 23.7 Å². The molecule has 0 spiro atoms. The van der Waals surface area contributed by atoms with Crippen LogP contribution in [0.3, 0.4) is 0 Å². The van der Waals surface area contributed by atoms with E-state index in [-0.39, 0.29) is 11.5 Å². The molecule has 168 valence electrons. The van der Waals surface area contributed by atoms with E-state index in [9.17, 15) is 19.2 Å². The molecule has 34 heavy (non-hydrogen) atoms. The van der Waals surface area contributed by atoms with Crippen LogP contribution in [-0.4, -0.2) is 21.2 Å². The van der Waals surface area contributed by atoms with Gasteiger partial charge in [0.1, 0.15) is 12.1 Å². The molecule has 0 fully saturated rings. The zero-order valence-corrected chi connectivity index (χ0v) is 18.1. The van der Waals surface area contributed by atoms with Crippen LogP contribution < -0.4 is 16.6 Å². The predicted molar refractivity (Wildman–Crippen MR) is 128 cm³/mol. The van der Waals surface area contributed by atoms with E-state index in [0.717, 1.165) is 9.95 Å².